The SMILES string of the molecule is CC[C@@H]1CN(C(=O)C2CCN(C(=O)c3ccncc3)CC2)CC[C@]1(C)O. The van der Waals surface area contributed by atoms with E-state index in [9.17, 15) is 14.7 Å². The van der Waals surface area contributed by atoms with Gasteiger partial charge in [-0.1, -0.05) is 6.92 Å². The van der Waals surface area contributed by atoms with E-state index in [0.29, 0.717) is 51.0 Å². The van der Waals surface area contributed by atoms with Crippen LogP contribution in [0.15, 0.2) is 24.5 Å². The van der Waals surface area contributed by atoms with Gasteiger partial charge in [-0.3, -0.25) is 14.6 Å². The lowest BCUT2D eigenvalue weighted by Gasteiger charge is -2.44. The molecule has 1 N–H and O–H groups in total. The van der Waals surface area contributed by atoms with E-state index in [0.717, 1.165) is 6.42 Å². The number of pyridine rings is 1. The molecule has 26 heavy (non-hydrogen) atoms. The van der Waals surface area contributed by atoms with Crippen molar-refractivity contribution in [2.45, 2.75) is 45.1 Å². The Labute approximate surface area is 155 Å². The summed E-state index contributed by atoms with van der Waals surface area (Å²) in [7, 11) is 0. The van der Waals surface area contributed by atoms with Crippen LogP contribution in [-0.4, -0.2) is 63.5 Å². The zero-order valence-corrected chi connectivity index (χ0v) is 15.7. The predicted molar refractivity (Wildman–Crippen MR) is 98.5 cm³/mol. The van der Waals surface area contributed by atoms with E-state index >= 15 is 0 Å². The molecule has 0 aromatic carbocycles. The van der Waals surface area contributed by atoms with Gasteiger partial charge in [0.05, 0.1) is 5.60 Å². The predicted octanol–water partition coefficient (Wildman–Crippen LogP) is 1.94. The third-order valence-corrected chi connectivity index (χ3v) is 6.07. The Morgan fingerprint density at radius 1 is 1.19 bits per heavy atom. The summed E-state index contributed by atoms with van der Waals surface area (Å²) in [6.45, 7) is 6.43. The van der Waals surface area contributed by atoms with Gasteiger partial charge in [0.2, 0.25) is 5.91 Å². The third kappa shape index (κ3) is 3.90. The molecule has 3 rings (SSSR count). The van der Waals surface area contributed by atoms with Crippen LogP contribution < -0.4 is 0 Å². The lowest BCUT2D eigenvalue weighted by Crippen LogP contribution is -2.54. The largest absolute Gasteiger partial charge is 0.390 e. The minimum atomic E-state index is -0.675. The van der Waals surface area contributed by atoms with Crippen LogP contribution in [0.25, 0.3) is 0 Å². The van der Waals surface area contributed by atoms with Crippen LogP contribution in [0.2, 0.25) is 0 Å². The first-order chi connectivity index (χ1) is 12.4. The number of amides is 2. The maximum absolute atomic E-state index is 12.9. The van der Waals surface area contributed by atoms with Crippen LogP contribution in [0.5, 0.6) is 0 Å². The quantitative estimate of drug-likeness (QED) is 0.895. The van der Waals surface area contributed by atoms with Crippen LogP contribution in [0.4, 0.5) is 0 Å². The van der Waals surface area contributed by atoms with Crippen molar-refractivity contribution in [2.75, 3.05) is 26.2 Å². The molecule has 2 saturated heterocycles. The van der Waals surface area contributed by atoms with Crippen molar-refractivity contribution >= 4 is 11.8 Å². The highest BCUT2D eigenvalue weighted by Gasteiger charge is 2.40. The van der Waals surface area contributed by atoms with Gasteiger partial charge in [-0.15, -0.1) is 0 Å². The standard InChI is InChI=1S/C20H29N3O3/c1-3-17-14-23(13-8-20(17,2)26)19(25)16-6-11-22(12-7-16)18(24)15-4-9-21-10-5-15/h4-5,9-10,16-17,26H,3,6-8,11-14H2,1-2H3/t17-,20+/m1/s1. The second-order valence-corrected chi connectivity index (χ2v) is 7.80. The van der Waals surface area contributed by atoms with Crippen molar-refractivity contribution in [2.24, 2.45) is 11.8 Å². The van der Waals surface area contributed by atoms with Crippen molar-refractivity contribution in [1.29, 1.82) is 0 Å². The summed E-state index contributed by atoms with van der Waals surface area (Å²) in [6.07, 6.45) is 6.17. The summed E-state index contributed by atoms with van der Waals surface area (Å²) in [4.78, 5) is 33.1. The first-order valence-corrected chi connectivity index (χ1v) is 9.63. The highest BCUT2D eigenvalue weighted by atomic mass is 16.3. The molecule has 1 aromatic heterocycles. The molecule has 2 atom stereocenters. The Kier molecular flexibility index (Phi) is 5.61. The lowest BCUT2D eigenvalue weighted by molar-refractivity contribution is -0.144. The minimum Gasteiger partial charge on any atom is -0.390 e. The highest BCUT2D eigenvalue weighted by molar-refractivity contribution is 5.94. The average Bonchev–Trinajstić information content (AvgIpc) is 2.67. The number of likely N-dealkylation sites (tertiary alicyclic amines) is 2. The smallest absolute Gasteiger partial charge is 0.253 e. The van der Waals surface area contributed by atoms with Crippen LogP contribution in [-0.2, 0) is 4.79 Å². The zero-order chi connectivity index (χ0) is 18.7. The Balaban J connectivity index is 1.55. The molecule has 2 aliphatic rings. The molecule has 2 aliphatic heterocycles. The number of hydrogen-bond donors (Lipinski definition) is 1. The van der Waals surface area contributed by atoms with Crippen LogP contribution >= 0.6 is 0 Å². The number of piperidine rings is 2. The fraction of sp³-hybridized carbons (Fsp3) is 0.650. The van der Waals surface area contributed by atoms with E-state index in [4.69, 9.17) is 0 Å². The number of carbonyl (C=O) groups is 2. The molecule has 1 aromatic rings. The molecule has 6 nitrogen and oxygen atoms in total. The number of carbonyl (C=O) groups excluding carboxylic acids is 2. The van der Waals surface area contributed by atoms with Gasteiger partial charge in [-0.05, 0) is 44.7 Å². The Morgan fingerprint density at radius 2 is 1.85 bits per heavy atom. The molecular formula is C20H29N3O3. The number of aromatic nitrogens is 1. The van der Waals surface area contributed by atoms with Crippen molar-refractivity contribution < 1.29 is 14.7 Å². The first kappa shape index (κ1) is 18.8. The first-order valence-electron chi connectivity index (χ1n) is 9.63. The van der Waals surface area contributed by atoms with Gasteiger partial charge < -0.3 is 14.9 Å². The van der Waals surface area contributed by atoms with E-state index in [1.165, 1.54) is 0 Å². The van der Waals surface area contributed by atoms with Crippen LogP contribution in [0.1, 0.15) is 49.9 Å². The number of nitrogens with zero attached hydrogens (tertiary/aromatic N) is 3. The summed E-state index contributed by atoms with van der Waals surface area (Å²) in [5, 5.41) is 10.5. The maximum atomic E-state index is 12.9. The number of hydrogen-bond acceptors (Lipinski definition) is 4. The Hall–Kier alpha value is -1.95. The fourth-order valence-electron chi connectivity index (χ4n) is 4.15. The van der Waals surface area contributed by atoms with Crippen LogP contribution in [0.3, 0.4) is 0 Å². The van der Waals surface area contributed by atoms with Gasteiger partial charge in [0.25, 0.3) is 5.91 Å². The van der Waals surface area contributed by atoms with Gasteiger partial charge in [-0.2, -0.15) is 0 Å². The van der Waals surface area contributed by atoms with Crippen LogP contribution in [0, 0.1) is 11.8 Å². The molecule has 2 fully saturated rings. The highest BCUT2D eigenvalue weighted by Crippen LogP contribution is 2.31. The van der Waals surface area contributed by atoms with E-state index < -0.39 is 5.60 Å². The minimum absolute atomic E-state index is 0.0124. The molecule has 0 bridgehead atoms. The van der Waals surface area contributed by atoms with Gasteiger partial charge >= 0.3 is 0 Å². The van der Waals surface area contributed by atoms with Gasteiger partial charge in [0.15, 0.2) is 0 Å². The summed E-state index contributed by atoms with van der Waals surface area (Å²) < 4.78 is 0. The van der Waals surface area contributed by atoms with Crippen molar-refractivity contribution in [3.8, 4) is 0 Å². The second kappa shape index (κ2) is 7.74. The Morgan fingerprint density at radius 3 is 2.46 bits per heavy atom. The molecular weight excluding hydrogens is 330 g/mol. The Bertz CT molecular complexity index is 639. The summed E-state index contributed by atoms with van der Waals surface area (Å²) in [5.41, 5.74) is -0.0277. The van der Waals surface area contributed by atoms with Gasteiger partial charge in [0.1, 0.15) is 0 Å². The van der Waals surface area contributed by atoms with E-state index in [2.05, 4.69) is 11.9 Å². The number of aliphatic hydroxyl groups is 1. The molecule has 0 saturated carbocycles. The molecule has 0 radical (unpaired) electrons. The molecule has 0 unspecified atom stereocenters. The summed E-state index contributed by atoms with van der Waals surface area (Å²) in [5.74, 6) is 0.318. The monoisotopic (exact) mass is 359 g/mol. The van der Waals surface area contributed by atoms with E-state index in [1.54, 1.807) is 24.5 Å². The molecule has 0 spiro atoms. The topological polar surface area (TPSA) is 73.7 Å². The molecule has 2 amide bonds. The molecule has 142 valence electrons. The maximum Gasteiger partial charge on any atom is 0.253 e. The van der Waals surface area contributed by atoms with E-state index in [-0.39, 0.29) is 23.7 Å². The fourth-order valence-corrected chi connectivity index (χ4v) is 4.15. The average molecular weight is 359 g/mol. The van der Waals surface area contributed by atoms with E-state index in [1.807, 2.05) is 16.7 Å². The summed E-state index contributed by atoms with van der Waals surface area (Å²) >= 11 is 0. The van der Waals surface area contributed by atoms with Crippen molar-refractivity contribution in [3.63, 3.8) is 0 Å². The summed E-state index contributed by atoms with van der Waals surface area (Å²) in [6, 6.07) is 3.45. The molecule has 6 heteroatoms. The van der Waals surface area contributed by atoms with Gasteiger partial charge in [0, 0.05) is 56.0 Å². The van der Waals surface area contributed by atoms with Crippen molar-refractivity contribution in [1.82, 2.24) is 14.8 Å². The second-order valence-electron chi connectivity index (χ2n) is 7.80. The number of rotatable bonds is 3. The normalized spacial score (nSPS) is 27.4. The van der Waals surface area contributed by atoms with Crippen molar-refractivity contribution in [3.05, 3.63) is 30.1 Å². The third-order valence-electron chi connectivity index (χ3n) is 6.07. The zero-order valence-electron chi connectivity index (χ0n) is 15.7. The molecule has 0 aliphatic carbocycles. The van der Waals surface area contributed by atoms with Gasteiger partial charge in [-0.25, -0.2) is 0 Å². The lowest BCUT2D eigenvalue weighted by atomic mass is 9.80. The molecule has 3 heterocycles.